The molecular formula is C21H36N2O2. The summed E-state index contributed by atoms with van der Waals surface area (Å²) in [5.41, 5.74) is 0.637. The second-order valence-electron chi connectivity index (χ2n) is 8.86. The number of allylic oxidation sites excluding steroid dienone is 1. The van der Waals surface area contributed by atoms with Gasteiger partial charge in [-0.15, -0.1) is 0 Å². The molecule has 0 spiro atoms. The standard InChI is InChI=1S/C21H36N2O2/c1-6-7-8-9-10-11-12-16-13-18(24)23(19(16)25)17-14-20(2,3)22-21(4,5)15-17/h11-13,17,22,24-25H,6-10,14-15H2,1-5H3. The van der Waals surface area contributed by atoms with E-state index in [4.69, 9.17) is 0 Å². The molecule has 0 radical (unpaired) electrons. The molecule has 1 fully saturated rings. The summed E-state index contributed by atoms with van der Waals surface area (Å²) in [6.45, 7) is 10.9. The van der Waals surface area contributed by atoms with E-state index >= 15 is 0 Å². The van der Waals surface area contributed by atoms with Gasteiger partial charge in [0.1, 0.15) is 0 Å². The Morgan fingerprint density at radius 1 is 1.12 bits per heavy atom. The van der Waals surface area contributed by atoms with Gasteiger partial charge in [0.15, 0.2) is 5.88 Å². The molecule has 1 aliphatic rings. The topological polar surface area (TPSA) is 57.4 Å². The van der Waals surface area contributed by atoms with Gasteiger partial charge >= 0.3 is 0 Å². The third-order valence-corrected chi connectivity index (χ3v) is 5.07. The molecule has 2 rings (SSSR count). The van der Waals surface area contributed by atoms with Crippen molar-refractivity contribution in [3.8, 4) is 11.8 Å². The van der Waals surface area contributed by atoms with E-state index in [0.717, 1.165) is 19.3 Å². The van der Waals surface area contributed by atoms with Crippen molar-refractivity contribution in [2.24, 2.45) is 0 Å². The number of nitrogens with one attached hydrogen (secondary N) is 1. The number of hydrogen-bond donors (Lipinski definition) is 3. The van der Waals surface area contributed by atoms with Crippen molar-refractivity contribution in [3.05, 3.63) is 17.7 Å². The number of piperidine rings is 1. The Labute approximate surface area is 152 Å². The molecule has 25 heavy (non-hydrogen) atoms. The lowest BCUT2D eigenvalue weighted by molar-refractivity contribution is 0.123. The Balaban J connectivity index is 2.12. The molecule has 1 aromatic heterocycles. The maximum Gasteiger partial charge on any atom is 0.201 e. The summed E-state index contributed by atoms with van der Waals surface area (Å²) in [7, 11) is 0. The maximum absolute atomic E-state index is 10.7. The Morgan fingerprint density at radius 2 is 1.76 bits per heavy atom. The van der Waals surface area contributed by atoms with Gasteiger partial charge in [-0.25, -0.2) is 0 Å². The monoisotopic (exact) mass is 348 g/mol. The number of aromatic hydroxyl groups is 2. The van der Waals surface area contributed by atoms with E-state index in [0.29, 0.717) is 5.56 Å². The van der Waals surface area contributed by atoms with Gasteiger partial charge in [0.2, 0.25) is 5.88 Å². The number of unbranched alkanes of at least 4 members (excludes halogenated alkanes) is 4. The second-order valence-corrected chi connectivity index (χ2v) is 8.86. The molecule has 142 valence electrons. The largest absolute Gasteiger partial charge is 0.494 e. The molecule has 0 aromatic carbocycles. The lowest BCUT2D eigenvalue weighted by Crippen LogP contribution is -2.57. The van der Waals surface area contributed by atoms with Gasteiger partial charge in [0.25, 0.3) is 0 Å². The third kappa shape index (κ3) is 5.27. The molecule has 0 bridgehead atoms. The SMILES string of the molecule is CCCCCCC=Cc1cc(O)n(C2CC(C)(C)NC(C)(C)C2)c1O. The molecule has 4 heteroatoms. The van der Waals surface area contributed by atoms with Crippen LogP contribution < -0.4 is 5.32 Å². The van der Waals surface area contributed by atoms with E-state index in [2.05, 4.69) is 46.0 Å². The van der Waals surface area contributed by atoms with E-state index in [1.165, 1.54) is 25.7 Å². The summed E-state index contributed by atoms with van der Waals surface area (Å²) in [5, 5.41) is 24.7. The second kappa shape index (κ2) is 7.86. The molecular weight excluding hydrogens is 312 g/mol. The summed E-state index contributed by atoms with van der Waals surface area (Å²) in [5.74, 6) is 0.336. The molecule has 0 saturated carbocycles. The van der Waals surface area contributed by atoms with Gasteiger partial charge in [0, 0.05) is 28.7 Å². The fraction of sp³-hybridized carbons (Fsp3) is 0.714. The normalized spacial score (nSPS) is 20.4. The van der Waals surface area contributed by atoms with Crippen LogP contribution in [0.2, 0.25) is 0 Å². The van der Waals surface area contributed by atoms with Crippen molar-refractivity contribution >= 4 is 6.08 Å². The third-order valence-electron chi connectivity index (χ3n) is 5.07. The van der Waals surface area contributed by atoms with Crippen molar-refractivity contribution in [1.82, 2.24) is 9.88 Å². The van der Waals surface area contributed by atoms with Crippen LogP contribution in [-0.4, -0.2) is 25.9 Å². The minimum atomic E-state index is -0.0369. The van der Waals surface area contributed by atoms with Gasteiger partial charge in [-0.3, -0.25) is 4.57 Å². The number of hydrogen-bond acceptors (Lipinski definition) is 3. The minimum absolute atomic E-state index is 0.0369. The minimum Gasteiger partial charge on any atom is -0.494 e. The summed E-state index contributed by atoms with van der Waals surface area (Å²) in [6.07, 6.45) is 11.7. The molecule has 1 aliphatic heterocycles. The summed E-state index contributed by atoms with van der Waals surface area (Å²) in [4.78, 5) is 0. The van der Waals surface area contributed by atoms with E-state index in [1.54, 1.807) is 10.6 Å². The van der Waals surface area contributed by atoms with Crippen LogP contribution in [0.4, 0.5) is 0 Å². The van der Waals surface area contributed by atoms with Crippen LogP contribution in [0.3, 0.4) is 0 Å². The molecule has 1 saturated heterocycles. The van der Waals surface area contributed by atoms with E-state index in [9.17, 15) is 10.2 Å². The molecule has 3 N–H and O–H groups in total. The zero-order valence-electron chi connectivity index (χ0n) is 16.6. The number of rotatable bonds is 7. The molecule has 4 nitrogen and oxygen atoms in total. The first-order valence-corrected chi connectivity index (χ1v) is 9.74. The first-order valence-electron chi connectivity index (χ1n) is 9.74. The van der Waals surface area contributed by atoms with E-state index < -0.39 is 0 Å². The smallest absolute Gasteiger partial charge is 0.201 e. The van der Waals surface area contributed by atoms with Crippen molar-refractivity contribution in [3.63, 3.8) is 0 Å². The summed E-state index contributed by atoms with van der Waals surface area (Å²) in [6, 6.07) is 1.76. The first-order chi connectivity index (χ1) is 11.7. The van der Waals surface area contributed by atoms with Crippen molar-refractivity contribution in [2.75, 3.05) is 0 Å². The zero-order valence-corrected chi connectivity index (χ0v) is 16.6. The van der Waals surface area contributed by atoms with Crippen molar-refractivity contribution in [2.45, 2.75) is 96.7 Å². The highest BCUT2D eigenvalue weighted by molar-refractivity contribution is 5.58. The Bertz CT molecular complexity index is 583. The highest BCUT2D eigenvalue weighted by Crippen LogP contribution is 2.42. The first kappa shape index (κ1) is 19.9. The highest BCUT2D eigenvalue weighted by Gasteiger charge is 2.39. The molecule has 0 unspecified atom stereocenters. The predicted molar refractivity (Wildman–Crippen MR) is 105 cm³/mol. The fourth-order valence-electron chi connectivity index (χ4n) is 4.35. The summed E-state index contributed by atoms with van der Waals surface area (Å²) >= 11 is 0. The molecule has 0 amide bonds. The quantitative estimate of drug-likeness (QED) is 0.581. The van der Waals surface area contributed by atoms with Gasteiger partial charge in [-0.1, -0.05) is 38.3 Å². The molecule has 1 aromatic rings. The lowest BCUT2D eigenvalue weighted by atomic mass is 9.79. The Hall–Kier alpha value is -1.42. The highest BCUT2D eigenvalue weighted by atomic mass is 16.3. The van der Waals surface area contributed by atoms with Gasteiger partial charge < -0.3 is 15.5 Å². The van der Waals surface area contributed by atoms with E-state index in [1.807, 2.05) is 6.08 Å². The van der Waals surface area contributed by atoms with Gasteiger partial charge in [-0.05, 0) is 53.4 Å². The summed E-state index contributed by atoms with van der Waals surface area (Å²) < 4.78 is 1.71. The van der Waals surface area contributed by atoms with Crippen LogP contribution in [0.5, 0.6) is 11.8 Å². The number of aromatic nitrogens is 1. The van der Waals surface area contributed by atoms with E-state index in [-0.39, 0.29) is 28.9 Å². The van der Waals surface area contributed by atoms with Crippen LogP contribution in [0.1, 0.15) is 91.2 Å². The van der Waals surface area contributed by atoms with Crippen LogP contribution in [0.25, 0.3) is 6.08 Å². The van der Waals surface area contributed by atoms with Gasteiger partial charge in [0.05, 0.1) is 0 Å². The molecule has 0 atom stereocenters. The van der Waals surface area contributed by atoms with Gasteiger partial charge in [-0.2, -0.15) is 0 Å². The average Bonchev–Trinajstić information content (AvgIpc) is 2.74. The van der Waals surface area contributed by atoms with Crippen LogP contribution in [0, 0.1) is 0 Å². The van der Waals surface area contributed by atoms with Crippen LogP contribution in [-0.2, 0) is 0 Å². The van der Waals surface area contributed by atoms with Crippen molar-refractivity contribution < 1.29 is 10.2 Å². The molecule has 2 heterocycles. The maximum atomic E-state index is 10.7. The fourth-order valence-corrected chi connectivity index (χ4v) is 4.35. The van der Waals surface area contributed by atoms with Crippen LogP contribution in [0.15, 0.2) is 12.1 Å². The average molecular weight is 349 g/mol. The molecule has 0 aliphatic carbocycles. The Morgan fingerprint density at radius 3 is 2.36 bits per heavy atom. The predicted octanol–water partition coefficient (Wildman–Crippen LogP) is 5.36. The number of nitrogens with zero attached hydrogens (tertiary/aromatic N) is 1. The Kier molecular flexibility index (Phi) is 6.26. The zero-order chi connectivity index (χ0) is 18.7. The van der Waals surface area contributed by atoms with Crippen LogP contribution >= 0.6 is 0 Å². The van der Waals surface area contributed by atoms with Crippen molar-refractivity contribution in [1.29, 1.82) is 0 Å². The lowest BCUT2D eigenvalue weighted by Gasteiger charge is -2.47.